The summed E-state index contributed by atoms with van der Waals surface area (Å²) in [5, 5.41) is 0. The predicted molar refractivity (Wildman–Crippen MR) is 103 cm³/mol. The molecule has 140 valence electrons. The molecule has 1 amide bonds. The molecule has 0 atom stereocenters. The predicted octanol–water partition coefficient (Wildman–Crippen LogP) is 3.36. The molecule has 0 saturated heterocycles. The van der Waals surface area contributed by atoms with Crippen LogP contribution in [0.3, 0.4) is 0 Å². The summed E-state index contributed by atoms with van der Waals surface area (Å²) in [7, 11) is -4.32. The molecule has 0 spiro atoms. The van der Waals surface area contributed by atoms with Gasteiger partial charge in [0.1, 0.15) is 17.3 Å². The molecule has 3 aromatic rings. The van der Waals surface area contributed by atoms with E-state index >= 15 is 0 Å². The molecule has 8 heteroatoms. The van der Waals surface area contributed by atoms with Crippen molar-refractivity contribution in [1.82, 2.24) is 0 Å². The summed E-state index contributed by atoms with van der Waals surface area (Å²) in [6.07, 6.45) is 3.04. The minimum Gasteiger partial charge on any atom is -0.465 e. The van der Waals surface area contributed by atoms with Gasteiger partial charge in [0.2, 0.25) is 0 Å². The van der Waals surface area contributed by atoms with E-state index < -0.39 is 10.1 Å². The lowest BCUT2D eigenvalue weighted by Gasteiger charge is -2.18. The highest BCUT2D eigenvalue weighted by atomic mass is 32.2. The van der Waals surface area contributed by atoms with E-state index in [2.05, 4.69) is 4.99 Å². The van der Waals surface area contributed by atoms with E-state index in [1.807, 2.05) is 30.3 Å². The Morgan fingerprint density at radius 3 is 2.29 bits per heavy atom. The number of carbonyl (C=O) groups is 1. The number of aliphatic imine (C=N–C) groups is 1. The number of furan rings is 1. The van der Waals surface area contributed by atoms with E-state index in [1.54, 1.807) is 12.1 Å². The number of hydrogen-bond acceptors (Lipinski definition) is 5. The van der Waals surface area contributed by atoms with Crippen LogP contribution in [0.1, 0.15) is 11.3 Å². The number of benzene rings is 2. The van der Waals surface area contributed by atoms with Crippen LogP contribution in [-0.4, -0.2) is 24.7 Å². The fraction of sp³-hybridized carbons (Fsp3) is 0. The molecule has 2 heterocycles. The van der Waals surface area contributed by atoms with Gasteiger partial charge in [0, 0.05) is 11.6 Å². The zero-order valence-corrected chi connectivity index (χ0v) is 15.2. The summed E-state index contributed by atoms with van der Waals surface area (Å²) < 4.78 is 37.0. The van der Waals surface area contributed by atoms with Gasteiger partial charge in [-0.15, -0.1) is 0 Å². The number of rotatable bonds is 4. The highest BCUT2D eigenvalue weighted by molar-refractivity contribution is 7.85. The van der Waals surface area contributed by atoms with Crippen LogP contribution in [0.25, 0.3) is 6.08 Å². The molecule has 0 aliphatic carbocycles. The summed E-state index contributed by atoms with van der Waals surface area (Å²) in [4.78, 5) is 18.6. The average Bonchev–Trinajstić information content (AvgIpc) is 3.31. The molecule has 1 aliphatic heterocycles. The molecule has 1 N–H and O–H groups in total. The number of hydrogen-bond donors (Lipinski definition) is 1. The zero-order valence-electron chi connectivity index (χ0n) is 14.4. The first-order valence-corrected chi connectivity index (χ1v) is 9.69. The first-order chi connectivity index (χ1) is 13.4. The van der Waals surface area contributed by atoms with Crippen LogP contribution in [0.2, 0.25) is 0 Å². The van der Waals surface area contributed by atoms with Crippen LogP contribution in [0, 0.1) is 0 Å². The Bertz CT molecular complexity index is 1180. The molecule has 1 aliphatic rings. The van der Waals surface area contributed by atoms with Gasteiger partial charge in [0.15, 0.2) is 0 Å². The first kappa shape index (κ1) is 17.9. The molecule has 0 unspecified atom stereocenters. The van der Waals surface area contributed by atoms with Crippen molar-refractivity contribution < 1.29 is 22.2 Å². The quantitative estimate of drug-likeness (QED) is 0.540. The summed E-state index contributed by atoms with van der Waals surface area (Å²) in [5.41, 5.74) is 1.33. The van der Waals surface area contributed by atoms with Gasteiger partial charge in [0.05, 0.1) is 16.8 Å². The fourth-order valence-electron chi connectivity index (χ4n) is 2.81. The van der Waals surface area contributed by atoms with E-state index in [-0.39, 0.29) is 16.5 Å². The highest BCUT2D eigenvalue weighted by Gasteiger charge is 2.32. The van der Waals surface area contributed by atoms with E-state index in [4.69, 9.17) is 8.97 Å². The molecule has 28 heavy (non-hydrogen) atoms. The maximum atomic E-state index is 13.0. The van der Waals surface area contributed by atoms with E-state index in [1.165, 1.54) is 41.5 Å². The Hall–Kier alpha value is -3.49. The molecule has 0 radical (unpaired) electrons. The third-order valence-electron chi connectivity index (χ3n) is 4.11. The lowest BCUT2D eigenvalue weighted by molar-refractivity contribution is -0.113. The number of amidine groups is 1. The van der Waals surface area contributed by atoms with E-state index in [9.17, 15) is 13.2 Å². The normalized spacial score (nSPS) is 15.9. The van der Waals surface area contributed by atoms with Crippen molar-refractivity contribution in [3.63, 3.8) is 0 Å². The van der Waals surface area contributed by atoms with Gasteiger partial charge in [-0.1, -0.05) is 30.3 Å². The molecule has 2 aromatic carbocycles. The third-order valence-corrected chi connectivity index (χ3v) is 4.98. The van der Waals surface area contributed by atoms with E-state index in [0.717, 1.165) is 5.56 Å². The van der Waals surface area contributed by atoms with Crippen molar-refractivity contribution in [1.29, 1.82) is 0 Å². The van der Waals surface area contributed by atoms with Crippen molar-refractivity contribution in [2.24, 2.45) is 4.99 Å². The number of carbonyl (C=O) groups excluding carboxylic acids is 1. The number of nitrogens with zero attached hydrogens (tertiary/aromatic N) is 2. The van der Waals surface area contributed by atoms with Crippen molar-refractivity contribution in [2.45, 2.75) is 4.90 Å². The minimum absolute atomic E-state index is 0.188. The van der Waals surface area contributed by atoms with Crippen molar-refractivity contribution in [3.8, 4) is 0 Å². The van der Waals surface area contributed by atoms with Crippen LogP contribution >= 0.6 is 0 Å². The lowest BCUT2D eigenvalue weighted by atomic mass is 10.2. The van der Waals surface area contributed by atoms with Gasteiger partial charge >= 0.3 is 0 Å². The van der Waals surface area contributed by atoms with Crippen LogP contribution in [0.4, 0.5) is 5.69 Å². The van der Waals surface area contributed by atoms with Gasteiger partial charge in [-0.2, -0.15) is 8.42 Å². The maximum Gasteiger partial charge on any atom is 0.294 e. The van der Waals surface area contributed by atoms with Gasteiger partial charge in [-0.05, 0) is 36.4 Å². The second-order valence-electron chi connectivity index (χ2n) is 5.96. The molecule has 1 aromatic heterocycles. The Labute approximate surface area is 161 Å². The first-order valence-electron chi connectivity index (χ1n) is 8.25. The monoisotopic (exact) mass is 394 g/mol. The number of anilines is 1. The van der Waals surface area contributed by atoms with E-state index in [0.29, 0.717) is 17.3 Å². The van der Waals surface area contributed by atoms with Crippen LogP contribution in [0.5, 0.6) is 0 Å². The molecule has 4 rings (SSSR count). The Morgan fingerprint density at radius 2 is 1.68 bits per heavy atom. The Morgan fingerprint density at radius 1 is 0.964 bits per heavy atom. The van der Waals surface area contributed by atoms with Crippen molar-refractivity contribution in [2.75, 3.05) is 4.90 Å². The molecular weight excluding hydrogens is 380 g/mol. The molecular formula is C20H14N2O5S. The summed E-state index contributed by atoms with van der Waals surface area (Å²) in [5.74, 6) is 0.515. The molecule has 7 nitrogen and oxygen atoms in total. The SMILES string of the molecule is O=C1/C(=C\c2ccco2)N=C(c2ccccc2)N1c1ccc(S(=O)(=O)O)cc1. The zero-order chi connectivity index (χ0) is 19.7. The minimum atomic E-state index is -4.32. The summed E-state index contributed by atoms with van der Waals surface area (Å²) >= 11 is 0. The number of amides is 1. The topological polar surface area (TPSA) is 100 Å². The lowest BCUT2D eigenvalue weighted by Crippen LogP contribution is -2.32. The van der Waals surface area contributed by atoms with Gasteiger partial charge in [0.25, 0.3) is 16.0 Å². The summed E-state index contributed by atoms with van der Waals surface area (Å²) in [6.45, 7) is 0. The molecule has 0 saturated carbocycles. The second-order valence-corrected chi connectivity index (χ2v) is 7.38. The highest BCUT2D eigenvalue weighted by Crippen LogP contribution is 2.28. The smallest absolute Gasteiger partial charge is 0.294 e. The van der Waals surface area contributed by atoms with Crippen LogP contribution in [0.15, 0.2) is 93.0 Å². The largest absolute Gasteiger partial charge is 0.465 e. The van der Waals surface area contributed by atoms with Gasteiger partial charge < -0.3 is 4.42 Å². The fourth-order valence-corrected chi connectivity index (χ4v) is 3.29. The second kappa shape index (κ2) is 6.91. The van der Waals surface area contributed by atoms with Gasteiger partial charge in [-0.3, -0.25) is 14.2 Å². The van der Waals surface area contributed by atoms with Gasteiger partial charge in [-0.25, -0.2) is 4.99 Å². The van der Waals surface area contributed by atoms with Crippen LogP contribution < -0.4 is 4.90 Å². The van der Waals surface area contributed by atoms with Crippen molar-refractivity contribution in [3.05, 3.63) is 90.0 Å². The maximum absolute atomic E-state index is 13.0. The average molecular weight is 394 g/mol. The van der Waals surface area contributed by atoms with Crippen molar-refractivity contribution >= 4 is 33.6 Å². The Kier molecular flexibility index (Phi) is 4.42. The molecule has 0 bridgehead atoms. The standard InChI is InChI=1S/C20H14N2O5S/c23-20-18(13-16-7-4-12-27-16)21-19(14-5-2-1-3-6-14)22(20)15-8-10-17(11-9-15)28(24,25)26/h1-13H,(H,24,25,26)/b18-13+. The van der Waals surface area contributed by atoms with Crippen LogP contribution in [-0.2, 0) is 14.9 Å². The molecule has 0 fully saturated rings. The summed E-state index contributed by atoms with van der Waals surface area (Å²) in [6, 6.07) is 17.9. The third kappa shape index (κ3) is 3.38. The Balaban J connectivity index is 1.80.